The van der Waals surface area contributed by atoms with E-state index in [2.05, 4.69) is 4.74 Å². The molecule has 0 heterocycles. The summed E-state index contributed by atoms with van der Waals surface area (Å²) < 4.78 is 31.3. The third-order valence-corrected chi connectivity index (χ3v) is 2.50. The molecular weight excluding hydrogens is 256 g/mol. The minimum absolute atomic E-state index is 0.161. The summed E-state index contributed by atoms with van der Waals surface area (Å²) in [5, 5.41) is 0. The molecule has 104 valence electrons. The summed E-state index contributed by atoms with van der Waals surface area (Å²) in [6, 6.07) is 1.77. The molecule has 4 nitrogen and oxygen atoms in total. The van der Waals surface area contributed by atoms with Gasteiger partial charge in [0.1, 0.15) is 18.2 Å². The SMILES string of the molecule is CCOC(=O)CN(C)C(=O)c1cc(C)c(F)cc1F. The van der Waals surface area contributed by atoms with Gasteiger partial charge in [0, 0.05) is 13.1 Å². The number of esters is 1. The van der Waals surface area contributed by atoms with E-state index in [1.54, 1.807) is 6.92 Å². The van der Waals surface area contributed by atoms with Crippen LogP contribution in [-0.4, -0.2) is 37.0 Å². The first-order chi connectivity index (χ1) is 8.86. The van der Waals surface area contributed by atoms with Crippen LogP contribution in [0.15, 0.2) is 12.1 Å². The van der Waals surface area contributed by atoms with Crippen LogP contribution in [0.3, 0.4) is 0 Å². The summed E-state index contributed by atoms with van der Waals surface area (Å²) in [5.41, 5.74) is -0.111. The number of nitrogens with zero attached hydrogens (tertiary/aromatic N) is 1. The van der Waals surface area contributed by atoms with Crippen LogP contribution in [0.2, 0.25) is 0 Å². The molecule has 0 radical (unpaired) electrons. The normalized spacial score (nSPS) is 10.2. The smallest absolute Gasteiger partial charge is 0.325 e. The molecule has 1 aromatic rings. The molecule has 0 aliphatic carbocycles. The molecule has 0 bridgehead atoms. The molecular formula is C13H15F2NO3. The monoisotopic (exact) mass is 271 g/mol. The van der Waals surface area contributed by atoms with E-state index in [0.29, 0.717) is 6.07 Å². The Labute approximate surface area is 110 Å². The van der Waals surface area contributed by atoms with Crippen LogP contribution in [0, 0.1) is 18.6 Å². The fourth-order valence-electron chi connectivity index (χ4n) is 1.50. The van der Waals surface area contributed by atoms with Crippen molar-refractivity contribution in [2.24, 2.45) is 0 Å². The second-order valence-corrected chi connectivity index (χ2v) is 4.05. The van der Waals surface area contributed by atoms with E-state index < -0.39 is 23.5 Å². The average molecular weight is 271 g/mol. The first-order valence-corrected chi connectivity index (χ1v) is 5.73. The Hall–Kier alpha value is -1.98. The molecule has 0 aliphatic rings. The van der Waals surface area contributed by atoms with Crippen LogP contribution in [-0.2, 0) is 9.53 Å². The highest BCUT2D eigenvalue weighted by Gasteiger charge is 2.20. The molecule has 0 unspecified atom stereocenters. The zero-order chi connectivity index (χ0) is 14.6. The highest BCUT2D eigenvalue weighted by atomic mass is 19.1. The number of aryl methyl sites for hydroxylation is 1. The number of carbonyl (C=O) groups excluding carboxylic acids is 2. The summed E-state index contributed by atoms with van der Waals surface area (Å²) in [6.45, 7) is 2.98. The summed E-state index contributed by atoms with van der Waals surface area (Å²) in [5.74, 6) is -2.96. The van der Waals surface area contributed by atoms with Crippen molar-refractivity contribution in [3.63, 3.8) is 0 Å². The number of halogens is 2. The molecule has 0 N–H and O–H groups in total. The molecule has 0 atom stereocenters. The van der Waals surface area contributed by atoms with Crippen LogP contribution >= 0.6 is 0 Å². The van der Waals surface area contributed by atoms with Gasteiger partial charge in [-0.15, -0.1) is 0 Å². The predicted molar refractivity (Wildman–Crippen MR) is 64.7 cm³/mol. The Morgan fingerprint density at radius 3 is 2.47 bits per heavy atom. The lowest BCUT2D eigenvalue weighted by Gasteiger charge is -2.16. The third kappa shape index (κ3) is 3.74. The zero-order valence-corrected chi connectivity index (χ0v) is 11.0. The number of hydrogen-bond donors (Lipinski definition) is 0. The molecule has 0 aliphatic heterocycles. The second-order valence-electron chi connectivity index (χ2n) is 4.05. The van der Waals surface area contributed by atoms with Crippen molar-refractivity contribution in [3.8, 4) is 0 Å². The van der Waals surface area contributed by atoms with Gasteiger partial charge in [0.15, 0.2) is 0 Å². The molecule has 0 spiro atoms. The van der Waals surface area contributed by atoms with E-state index in [0.717, 1.165) is 11.0 Å². The van der Waals surface area contributed by atoms with Crippen molar-refractivity contribution in [2.75, 3.05) is 20.2 Å². The van der Waals surface area contributed by atoms with Crippen molar-refractivity contribution in [1.29, 1.82) is 0 Å². The zero-order valence-electron chi connectivity index (χ0n) is 11.0. The van der Waals surface area contributed by atoms with E-state index in [-0.39, 0.29) is 24.3 Å². The number of amides is 1. The first kappa shape index (κ1) is 15.1. The molecule has 0 saturated heterocycles. The number of rotatable bonds is 4. The van der Waals surface area contributed by atoms with E-state index in [1.165, 1.54) is 14.0 Å². The van der Waals surface area contributed by atoms with Crippen LogP contribution in [0.25, 0.3) is 0 Å². The fourth-order valence-corrected chi connectivity index (χ4v) is 1.50. The van der Waals surface area contributed by atoms with Crippen LogP contribution < -0.4 is 0 Å². The van der Waals surface area contributed by atoms with Crippen molar-refractivity contribution in [3.05, 3.63) is 34.9 Å². The highest BCUT2D eigenvalue weighted by molar-refractivity contribution is 5.96. The number of carbonyl (C=O) groups is 2. The molecule has 1 amide bonds. The second kappa shape index (κ2) is 6.26. The highest BCUT2D eigenvalue weighted by Crippen LogP contribution is 2.15. The van der Waals surface area contributed by atoms with Gasteiger partial charge < -0.3 is 9.64 Å². The lowest BCUT2D eigenvalue weighted by atomic mass is 10.1. The Morgan fingerprint density at radius 1 is 1.26 bits per heavy atom. The Bertz CT molecular complexity index is 503. The molecule has 6 heteroatoms. The van der Waals surface area contributed by atoms with E-state index in [1.807, 2.05) is 0 Å². The van der Waals surface area contributed by atoms with Gasteiger partial charge in [-0.1, -0.05) is 0 Å². The Morgan fingerprint density at radius 2 is 1.89 bits per heavy atom. The minimum atomic E-state index is -0.955. The predicted octanol–water partition coefficient (Wildman–Crippen LogP) is 1.91. The van der Waals surface area contributed by atoms with Crippen molar-refractivity contribution < 1.29 is 23.1 Å². The van der Waals surface area contributed by atoms with E-state index in [4.69, 9.17) is 0 Å². The summed E-state index contributed by atoms with van der Waals surface area (Å²) in [4.78, 5) is 24.2. The quantitative estimate of drug-likeness (QED) is 0.786. The molecule has 1 rings (SSSR count). The van der Waals surface area contributed by atoms with Gasteiger partial charge in [0.2, 0.25) is 0 Å². The average Bonchev–Trinajstić information content (AvgIpc) is 2.33. The molecule has 0 fully saturated rings. The van der Waals surface area contributed by atoms with Gasteiger partial charge in [-0.25, -0.2) is 8.78 Å². The number of hydrogen-bond acceptors (Lipinski definition) is 3. The number of ether oxygens (including phenoxy) is 1. The lowest BCUT2D eigenvalue weighted by molar-refractivity contribution is -0.143. The first-order valence-electron chi connectivity index (χ1n) is 5.73. The summed E-state index contributed by atoms with van der Waals surface area (Å²) in [7, 11) is 1.34. The van der Waals surface area contributed by atoms with Crippen LogP contribution in [0.1, 0.15) is 22.8 Å². The van der Waals surface area contributed by atoms with Crippen molar-refractivity contribution in [1.82, 2.24) is 4.90 Å². The van der Waals surface area contributed by atoms with E-state index in [9.17, 15) is 18.4 Å². The van der Waals surface area contributed by atoms with Crippen LogP contribution in [0.5, 0.6) is 0 Å². The van der Waals surface area contributed by atoms with Crippen molar-refractivity contribution >= 4 is 11.9 Å². The third-order valence-electron chi connectivity index (χ3n) is 2.50. The maximum atomic E-state index is 13.5. The van der Waals surface area contributed by atoms with Gasteiger partial charge in [0.05, 0.1) is 12.2 Å². The topological polar surface area (TPSA) is 46.6 Å². The molecule has 19 heavy (non-hydrogen) atoms. The maximum Gasteiger partial charge on any atom is 0.325 e. The summed E-state index contributed by atoms with van der Waals surface area (Å²) in [6.07, 6.45) is 0. The number of benzene rings is 1. The van der Waals surface area contributed by atoms with Gasteiger partial charge in [-0.05, 0) is 25.5 Å². The fraction of sp³-hybridized carbons (Fsp3) is 0.385. The van der Waals surface area contributed by atoms with Gasteiger partial charge >= 0.3 is 5.97 Å². The van der Waals surface area contributed by atoms with Gasteiger partial charge in [0.25, 0.3) is 5.91 Å². The summed E-state index contributed by atoms with van der Waals surface area (Å²) >= 11 is 0. The molecule has 1 aromatic carbocycles. The van der Waals surface area contributed by atoms with E-state index >= 15 is 0 Å². The van der Waals surface area contributed by atoms with Gasteiger partial charge in [-0.2, -0.15) is 0 Å². The van der Waals surface area contributed by atoms with Gasteiger partial charge in [-0.3, -0.25) is 9.59 Å². The molecule has 0 saturated carbocycles. The molecule has 0 aromatic heterocycles. The Balaban J connectivity index is 2.88. The Kier molecular flexibility index (Phi) is 4.97. The van der Waals surface area contributed by atoms with Crippen LogP contribution in [0.4, 0.5) is 8.78 Å². The minimum Gasteiger partial charge on any atom is -0.465 e. The van der Waals surface area contributed by atoms with Crippen molar-refractivity contribution in [2.45, 2.75) is 13.8 Å². The lowest BCUT2D eigenvalue weighted by Crippen LogP contribution is -2.33. The largest absolute Gasteiger partial charge is 0.465 e. The standard InChI is InChI=1S/C13H15F2NO3/c1-4-19-12(17)7-16(3)13(18)9-5-8(2)10(14)6-11(9)15/h5-6H,4,7H2,1-3H3. The number of likely N-dealkylation sites (N-methyl/N-ethyl adjacent to an activating group) is 1. The maximum absolute atomic E-state index is 13.5.